The van der Waals surface area contributed by atoms with Gasteiger partial charge in [-0.05, 0) is 6.92 Å². The Kier molecular flexibility index (Phi) is 4.12. The summed E-state index contributed by atoms with van der Waals surface area (Å²) in [5.41, 5.74) is 5.58. The number of hydrogen-bond donors (Lipinski definition) is 2. The monoisotopic (exact) mass is 290 g/mol. The van der Waals surface area contributed by atoms with Gasteiger partial charge in [0.1, 0.15) is 5.76 Å². The molecule has 0 unspecified atom stereocenters. The molecule has 0 atom stereocenters. The number of carbonyl (C=O) groups excluding carboxylic acids is 2. The number of nitrogens with zero attached hydrogens (tertiary/aromatic N) is 4. The summed E-state index contributed by atoms with van der Waals surface area (Å²) in [5.74, 6) is -0.0324. The van der Waals surface area contributed by atoms with Crippen LogP contribution in [0.1, 0.15) is 16.2 Å². The number of likely N-dealkylation sites (N-methyl/N-ethyl adjacent to an activating group) is 1. The third kappa shape index (κ3) is 3.53. The number of anilines is 2. The van der Waals surface area contributed by atoms with E-state index in [1.165, 1.54) is 24.3 Å². The van der Waals surface area contributed by atoms with Gasteiger partial charge in [0, 0.05) is 25.5 Å². The zero-order valence-electron chi connectivity index (χ0n) is 11.5. The molecule has 2 rings (SSSR count). The lowest BCUT2D eigenvalue weighted by Crippen LogP contribution is -2.35. The van der Waals surface area contributed by atoms with Crippen molar-refractivity contribution in [2.45, 2.75) is 6.92 Å². The summed E-state index contributed by atoms with van der Waals surface area (Å²) in [5, 5.41) is 6.14. The molecule has 0 bridgehead atoms. The van der Waals surface area contributed by atoms with Crippen molar-refractivity contribution in [2.75, 3.05) is 24.6 Å². The van der Waals surface area contributed by atoms with E-state index in [0.717, 1.165) is 0 Å². The van der Waals surface area contributed by atoms with Crippen molar-refractivity contribution < 1.29 is 14.1 Å². The highest BCUT2D eigenvalue weighted by atomic mass is 16.5. The summed E-state index contributed by atoms with van der Waals surface area (Å²) in [4.78, 5) is 32.7. The van der Waals surface area contributed by atoms with Gasteiger partial charge < -0.3 is 20.5 Å². The quantitative estimate of drug-likeness (QED) is 0.815. The summed E-state index contributed by atoms with van der Waals surface area (Å²) < 4.78 is 4.82. The van der Waals surface area contributed by atoms with Crippen molar-refractivity contribution >= 4 is 23.5 Å². The molecule has 2 aromatic heterocycles. The Bertz CT molecular complexity index is 669. The highest BCUT2D eigenvalue weighted by Crippen LogP contribution is 2.08. The first-order valence-electron chi connectivity index (χ1n) is 6.02. The number of carbonyl (C=O) groups is 2. The maximum atomic E-state index is 12.1. The summed E-state index contributed by atoms with van der Waals surface area (Å²) in [6.07, 6.45) is 2.74. The molecule has 0 fully saturated rings. The minimum atomic E-state index is -0.493. The number of aromatic nitrogens is 3. The second-order valence-electron chi connectivity index (χ2n) is 4.32. The van der Waals surface area contributed by atoms with Gasteiger partial charge in [0.05, 0.1) is 6.54 Å². The number of hydrogen-bond acceptors (Lipinski definition) is 7. The average molecular weight is 290 g/mol. The summed E-state index contributed by atoms with van der Waals surface area (Å²) in [6.45, 7) is 1.52. The van der Waals surface area contributed by atoms with Crippen LogP contribution in [0.25, 0.3) is 0 Å². The van der Waals surface area contributed by atoms with Crippen LogP contribution in [0.2, 0.25) is 0 Å². The second-order valence-corrected chi connectivity index (χ2v) is 4.32. The van der Waals surface area contributed by atoms with Crippen molar-refractivity contribution in [3.63, 3.8) is 0 Å². The molecule has 9 nitrogen and oxygen atoms in total. The molecule has 110 valence electrons. The Labute approximate surface area is 120 Å². The molecule has 2 aromatic rings. The van der Waals surface area contributed by atoms with Gasteiger partial charge in [-0.25, -0.2) is 9.97 Å². The van der Waals surface area contributed by atoms with Gasteiger partial charge >= 0.3 is 0 Å². The zero-order valence-corrected chi connectivity index (χ0v) is 11.5. The van der Waals surface area contributed by atoms with Crippen LogP contribution in [0, 0.1) is 6.92 Å². The number of aryl methyl sites for hydroxylation is 1. The average Bonchev–Trinajstić information content (AvgIpc) is 2.83. The molecule has 2 heterocycles. The molecule has 21 heavy (non-hydrogen) atoms. The highest BCUT2D eigenvalue weighted by molar-refractivity contribution is 6.00. The van der Waals surface area contributed by atoms with Crippen molar-refractivity contribution in [3.05, 3.63) is 29.9 Å². The number of nitrogens with two attached hydrogens (primary N) is 1. The maximum absolute atomic E-state index is 12.1. The molecule has 0 saturated carbocycles. The number of nitrogen functional groups attached to an aromatic ring is 1. The lowest BCUT2D eigenvalue weighted by atomic mass is 10.3. The molecule has 0 spiro atoms. The standard InChI is InChI=1S/C12H14N6O3/c1-7-5-8(17-21-7)16-9(19)6-18(2)12(20)10-11(13)15-4-3-14-10/h3-5H,6H2,1-2H3,(H2,13,15)(H,16,17,19). The minimum absolute atomic E-state index is 0.00470. The fraction of sp³-hybridized carbons (Fsp3) is 0.250. The molecular weight excluding hydrogens is 276 g/mol. The topological polar surface area (TPSA) is 127 Å². The fourth-order valence-corrected chi connectivity index (χ4v) is 1.59. The van der Waals surface area contributed by atoms with E-state index < -0.39 is 11.8 Å². The highest BCUT2D eigenvalue weighted by Gasteiger charge is 2.19. The largest absolute Gasteiger partial charge is 0.382 e. The van der Waals surface area contributed by atoms with E-state index >= 15 is 0 Å². The third-order valence-electron chi connectivity index (χ3n) is 2.55. The number of nitrogens with one attached hydrogen (secondary N) is 1. The molecular formula is C12H14N6O3. The summed E-state index contributed by atoms with van der Waals surface area (Å²) >= 11 is 0. The van der Waals surface area contributed by atoms with Crippen LogP contribution in [0.3, 0.4) is 0 Å². The van der Waals surface area contributed by atoms with E-state index in [9.17, 15) is 9.59 Å². The Morgan fingerprint density at radius 3 is 2.71 bits per heavy atom. The van der Waals surface area contributed by atoms with Gasteiger partial charge in [0.2, 0.25) is 5.91 Å². The lowest BCUT2D eigenvalue weighted by Gasteiger charge is -2.16. The van der Waals surface area contributed by atoms with Crippen LogP contribution < -0.4 is 11.1 Å². The van der Waals surface area contributed by atoms with Gasteiger partial charge in [-0.1, -0.05) is 5.16 Å². The Balaban J connectivity index is 1.97. The lowest BCUT2D eigenvalue weighted by molar-refractivity contribution is -0.116. The SMILES string of the molecule is Cc1cc(NC(=O)CN(C)C(=O)c2nccnc2N)no1. The smallest absolute Gasteiger partial charge is 0.276 e. The second kappa shape index (κ2) is 5.99. The summed E-state index contributed by atoms with van der Waals surface area (Å²) in [6, 6.07) is 1.57. The molecule has 2 amide bonds. The Morgan fingerprint density at radius 1 is 1.38 bits per heavy atom. The third-order valence-corrected chi connectivity index (χ3v) is 2.55. The molecule has 0 aliphatic carbocycles. The Morgan fingerprint density at radius 2 is 2.10 bits per heavy atom. The van der Waals surface area contributed by atoms with Gasteiger partial charge in [-0.2, -0.15) is 0 Å². The van der Waals surface area contributed by atoms with Gasteiger partial charge in [-0.15, -0.1) is 0 Å². The van der Waals surface area contributed by atoms with E-state index in [-0.39, 0.29) is 23.9 Å². The maximum Gasteiger partial charge on any atom is 0.276 e. The first-order valence-corrected chi connectivity index (χ1v) is 6.02. The predicted octanol–water partition coefficient (Wildman–Crippen LogP) is 0.0659. The molecule has 0 aliphatic rings. The number of amides is 2. The molecule has 3 N–H and O–H groups in total. The molecule has 0 radical (unpaired) electrons. The van der Waals surface area contributed by atoms with Gasteiger partial charge in [-0.3, -0.25) is 9.59 Å². The van der Waals surface area contributed by atoms with Crippen LogP contribution in [-0.4, -0.2) is 45.4 Å². The predicted molar refractivity (Wildman–Crippen MR) is 73.3 cm³/mol. The van der Waals surface area contributed by atoms with Crippen LogP contribution in [0.4, 0.5) is 11.6 Å². The van der Waals surface area contributed by atoms with Gasteiger partial charge in [0.15, 0.2) is 17.3 Å². The summed E-state index contributed by atoms with van der Waals surface area (Å²) in [7, 11) is 1.46. The van der Waals surface area contributed by atoms with E-state index in [1.54, 1.807) is 13.0 Å². The Hall–Kier alpha value is -2.97. The fourth-order valence-electron chi connectivity index (χ4n) is 1.59. The van der Waals surface area contributed by atoms with Crippen LogP contribution >= 0.6 is 0 Å². The molecule has 0 saturated heterocycles. The minimum Gasteiger partial charge on any atom is -0.382 e. The van der Waals surface area contributed by atoms with Crippen molar-refractivity contribution in [1.29, 1.82) is 0 Å². The van der Waals surface area contributed by atoms with E-state index in [0.29, 0.717) is 5.76 Å². The number of rotatable bonds is 4. The van der Waals surface area contributed by atoms with E-state index in [4.69, 9.17) is 10.3 Å². The zero-order chi connectivity index (χ0) is 15.4. The first-order chi connectivity index (χ1) is 9.97. The van der Waals surface area contributed by atoms with Gasteiger partial charge in [0.25, 0.3) is 5.91 Å². The normalized spacial score (nSPS) is 10.2. The van der Waals surface area contributed by atoms with Crippen LogP contribution in [-0.2, 0) is 4.79 Å². The van der Waals surface area contributed by atoms with Crippen LogP contribution in [0.5, 0.6) is 0 Å². The molecule has 9 heteroatoms. The van der Waals surface area contributed by atoms with E-state index in [2.05, 4.69) is 20.4 Å². The van der Waals surface area contributed by atoms with E-state index in [1.807, 2.05) is 0 Å². The van der Waals surface area contributed by atoms with Crippen molar-refractivity contribution in [2.24, 2.45) is 0 Å². The van der Waals surface area contributed by atoms with Crippen molar-refractivity contribution in [3.8, 4) is 0 Å². The molecule has 0 aliphatic heterocycles. The van der Waals surface area contributed by atoms with Crippen molar-refractivity contribution in [1.82, 2.24) is 20.0 Å². The van der Waals surface area contributed by atoms with Crippen LogP contribution in [0.15, 0.2) is 23.0 Å². The molecule has 0 aromatic carbocycles. The first kappa shape index (κ1) is 14.4.